The van der Waals surface area contributed by atoms with Crippen molar-refractivity contribution in [3.8, 4) is 11.5 Å². The molecule has 10 heteroatoms. The molecule has 0 saturated heterocycles. The fourth-order valence-electron chi connectivity index (χ4n) is 1.93. The standard InChI is InChI=1S/C16H16IN3O4S2/c1-10-3-5-12(6-4-10)26(21,22)24-15-13(17)7-11(8-14(15)23-2)9-19-20-16(18)25/h3-9H,1-2H3,(H3,18,20,25). The van der Waals surface area contributed by atoms with Crippen LogP contribution in [0, 0.1) is 10.5 Å². The molecule has 0 amide bonds. The molecule has 7 nitrogen and oxygen atoms in total. The third-order valence-corrected chi connectivity index (χ3v) is 5.27. The van der Waals surface area contributed by atoms with Crippen LogP contribution in [0.4, 0.5) is 0 Å². The van der Waals surface area contributed by atoms with Gasteiger partial charge in [-0.3, -0.25) is 5.43 Å². The first-order valence-electron chi connectivity index (χ1n) is 7.20. The molecular weight excluding hydrogens is 489 g/mol. The molecule has 0 aliphatic rings. The average molecular weight is 505 g/mol. The zero-order chi connectivity index (χ0) is 19.3. The number of nitrogens with one attached hydrogen (secondary N) is 1. The third kappa shape index (κ3) is 5.29. The summed E-state index contributed by atoms with van der Waals surface area (Å²) in [6.45, 7) is 1.87. The van der Waals surface area contributed by atoms with Gasteiger partial charge in [-0.2, -0.15) is 13.5 Å². The molecule has 0 radical (unpaired) electrons. The van der Waals surface area contributed by atoms with E-state index in [2.05, 4.69) is 22.7 Å². The van der Waals surface area contributed by atoms with Crippen LogP contribution in [0.2, 0.25) is 0 Å². The second-order valence-electron chi connectivity index (χ2n) is 5.12. The van der Waals surface area contributed by atoms with Crippen molar-refractivity contribution in [3.63, 3.8) is 0 Å². The van der Waals surface area contributed by atoms with Crippen molar-refractivity contribution in [2.75, 3.05) is 7.11 Å². The minimum atomic E-state index is -3.99. The summed E-state index contributed by atoms with van der Waals surface area (Å²) in [7, 11) is -2.57. The van der Waals surface area contributed by atoms with Gasteiger partial charge in [-0.25, -0.2) is 0 Å². The van der Waals surface area contributed by atoms with Crippen molar-refractivity contribution in [2.24, 2.45) is 10.8 Å². The molecule has 0 spiro atoms. The van der Waals surface area contributed by atoms with E-state index in [9.17, 15) is 8.42 Å². The molecule has 2 rings (SSSR count). The topological polar surface area (TPSA) is 103 Å². The van der Waals surface area contributed by atoms with Gasteiger partial charge < -0.3 is 14.7 Å². The normalized spacial score (nSPS) is 11.3. The zero-order valence-corrected chi connectivity index (χ0v) is 17.7. The summed E-state index contributed by atoms with van der Waals surface area (Å²) in [5.74, 6) is 0.359. The monoisotopic (exact) mass is 505 g/mol. The molecule has 2 aromatic carbocycles. The molecule has 0 fully saturated rings. The highest BCUT2D eigenvalue weighted by Gasteiger charge is 2.21. The maximum atomic E-state index is 12.5. The maximum Gasteiger partial charge on any atom is 0.339 e. The Labute approximate surface area is 170 Å². The van der Waals surface area contributed by atoms with Crippen LogP contribution in [0.15, 0.2) is 46.4 Å². The summed E-state index contributed by atoms with van der Waals surface area (Å²) in [6, 6.07) is 9.67. The van der Waals surface area contributed by atoms with Crippen molar-refractivity contribution in [2.45, 2.75) is 11.8 Å². The number of thiocarbonyl (C=S) groups is 1. The van der Waals surface area contributed by atoms with Crippen LogP contribution in [0.5, 0.6) is 11.5 Å². The van der Waals surface area contributed by atoms with Gasteiger partial charge in [0.1, 0.15) is 4.90 Å². The average Bonchev–Trinajstić information content (AvgIpc) is 2.57. The number of rotatable bonds is 6. The first kappa shape index (κ1) is 20.4. The van der Waals surface area contributed by atoms with E-state index in [1.54, 1.807) is 24.3 Å². The number of hydrogen-bond donors (Lipinski definition) is 2. The fraction of sp³-hybridized carbons (Fsp3) is 0.125. The SMILES string of the molecule is COc1cc(C=NNC(N)=S)cc(I)c1OS(=O)(=O)c1ccc(C)cc1. The van der Waals surface area contributed by atoms with Crippen molar-refractivity contribution >= 4 is 56.3 Å². The van der Waals surface area contributed by atoms with Gasteiger partial charge in [-0.05, 0) is 71.6 Å². The first-order valence-corrected chi connectivity index (χ1v) is 10.1. The number of hydrogen-bond acceptors (Lipinski definition) is 6. The summed E-state index contributed by atoms with van der Waals surface area (Å²) in [5, 5.41) is 3.89. The Bertz CT molecular complexity index is 945. The third-order valence-electron chi connectivity index (χ3n) is 3.14. The van der Waals surface area contributed by atoms with Crippen molar-refractivity contribution in [1.29, 1.82) is 0 Å². The second kappa shape index (κ2) is 8.64. The number of ether oxygens (including phenoxy) is 1. The lowest BCUT2D eigenvalue weighted by Gasteiger charge is -2.13. The number of benzene rings is 2. The Morgan fingerprint density at radius 3 is 2.54 bits per heavy atom. The zero-order valence-electron chi connectivity index (χ0n) is 13.9. The van der Waals surface area contributed by atoms with Crippen molar-refractivity contribution in [3.05, 3.63) is 51.1 Å². The molecular formula is C16H16IN3O4S2. The summed E-state index contributed by atoms with van der Waals surface area (Å²) in [4.78, 5) is 0.0623. The quantitative estimate of drug-likeness (QED) is 0.205. The van der Waals surface area contributed by atoms with Gasteiger partial charge in [0.2, 0.25) is 0 Å². The molecule has 0 atom stereocenters. The lowest BCUT2D eigenvalue weighted by molar-refractivity contribution is 0.389. The van der Waals surface area contributed by atoms with Crippen LogP contribution in [0.3, 0.4) is 0 Å². The van der Waals surface area contributed by atoms with Gasteiger partial charge in [-0.1, -0.05) is 17.7 Å². The van der Waals surface area contributed by atoms with Gasteiger partial charge in [0.05, 0.1) is 16.9 Å². The summed E-state index contributed by atoms with van der Waals surface area (Å²) >= 11 is 6.62. The summed E-state index contributed by atoms with van der Waals surface area (Å²) in [5.41, 5.74) is 9.33. The first-order chi connectivity index (χ1) is 12.2. The molecule has 0 heterocycles. The Balaban J connectivity index is 2.35. The number of halogens is 1. The number of nitrogens with zero attached hydrogens (tertiary/aromatic N) is 1. The highest BCUT2D eigenvalue weighted by Crippen LogP contribution is 2.35. The van der Waals surface area contributed by atoms with E-state index in [1.165, 1.54) is 25.5 Å². The number of hydrazone groups is 1. The van der Waals surface area contributed by atoms with E-state index in [-0.39, 0.29) is 21.5 Å². The van der Waals surface area contributed by atoms with E-state index in [4.69, 9.17) is 14.7 Å². The van der Waals surface area contributed by atoms with E-state index < -0.39 is 10.1 Å². The van der Waals surface area contributed by atoms with E-state index in [0.717, 1.165) is 5.56 Å². The van der Waals surface area contributed by atoms with Crippen LogP contribution in [0.1, 0.15) is 11.1 Å². The highest BCUT2D eigenvalue weighted by atomic mass is 127. The summed E-state index contributed by atoms with van der Waals surface area (Å²) < 4.78 is 36.2. The molecule has 0 aliphatic heterocycles. The minimum Gasteiger partial charge on any atom is -0.493 e. The minimum absolute atomic E-state index is 0.0343. The predicted molar refractivity (Wildman–Crippen MR) is 112 cm³/mol. The summed E-state index contributed by atoms with van der Waals surface area (Å²) in [6.07, 6.45) is 1.47. The number of nitrogens with two attached hydrogens (primary N) is 1. The van der Waals surface area contributed by atoms with Crippen LogP contribution in [0.25, 0.3) is 0 Å². The lowest BCUT2D eigenvalue weighted by Crippen LogP contribution is -2.24. The van der Waals surface area contributed by atoms with Crippen LogP contribution in [-0.2, 0) is 10.1 Å². The smallest absolute Gasteiger partial charge is 0.339 e. The molecule has 0 bridgehead atoms. The van der Waals surface area contributed by atoms with Crippen molar-refractivity contribution in [1.82, 2.24) is 5.43 Å². The van der Waals surface area contributed by atoms with Gasteiger partial charge in [0, 0.05) is 0 Å². The Morgan fingerprint density at radius 1 is 1.31 bits per heavy atom. The van der Waals surface area contributed by atoms with Gasteiger partial charge in [0.15, 0.2) is 16.6 Å². The largest absolute Gasteiger partial charge is 0.493 e. The molecule has 3 N–H and O–H groups in total. The molecule has 26 heavy (non-hydrogen) atoms. The van der Waals surface area contributed by atoms with Gasteiger partial charge in [0.25, 0.3) is 0 Å². The van der Waals surface area contributed by atoms with Crippen LogP contribution >= 0.6 is 34.8 Å². The van der Waals surface area contributed by atoms with E-state index in [0.29, 0.717) is 9.13 Å². The van der Waals surface area contributed by atoms with E-state index >= 15 is 0 Å². The Morgan fingerprint density at radius 2 is 1.96 bits per heavy atom. The number of methoxy groups -OCH3 is 1. The molecule has 0 aromatic heterocycles. The molecule has 2 aromatic rings. The molecule has 0 aliphatic carbocycles. The highest BCUT2D eigenvalue weighted by molar-refractivity contribution is 14.1. The van der Waals surface area contributed by atoms with Crippen LogP contribution < -0.4 is 20.1 Å². The Hall–Kier alpha value is -1.92. The Kier molecular flexibility index (Phi) is 6.78. The fourth-order valence-corrected chi connectivity index (χ4v) is 3.82. The van der Waals surface area contributed by atoms with Crippen LogP contribution in [-0.4, -0.2) is 26.9 Å². The van der Waals surface area contributed by atoms with Gasteiger partial charge >= 0.3 is 10.1 Å². The van der Waals surface area contributed by atoms with E-state index in [1.807, 2.05) is 29.5 Å². The number of aryl methyl sites for hydroxylation is 1. The van der Waals surface area contributed by atoms with Gasteiger partial charge in [-0.15, -0.1) is 0 Å². The van der Waals surface area contributed by atoms with Crippen molar-refractivity contribution < 1.29 is 17.3 Å². The predicted octanol–water partition coefficient (Wildman–Crippen LogP) is 2.54. The second-order valence-corrected chi connectivity index (χ2v) is 8.27. The molecule has 0 saturated carbocycles. The molecule has 138 valence electrons. The molecule has 0 unspecified atom stereocenters. The lowest BCUT2D eigenvalue weighted by atomic mass is 10.2. The maximum absolute atomic E-state index is 12.5.